The van der Waals surface area contributed by atoms with Crippen molar-refractivity contribution in [3.8, 4) is 5.75 Å². The molecule has 5 heteroatoms. The Kier molecular flexibility index (Phi) is 4.40. The van der Waals surface area contributed by atoms with E-state index in [0.29, 0.717) is 11.3 Å². The fourth-order valence-corrected chi connectivity index (χ4v) is 2.03. The molecular weight excluding hydrogens is 254 g/mol. The van der Waals surface area contributed by atoms with Gasteiger partial charge in [0, 0.05) is 5.56 Å². The Hall–Kier alpha value is -2.30. The summed E-state index contributed by atoms with van der Waals surface area (Å²) in [6, 6.07) is 7.08. The molecule has 5 nitrogen and oxygen atoms in total. The number of H-pyrrole nitrogens is 1. The van der Waals surface area contributed by atoms with Crippen LogP contribution in [0, 0.1) is 0 Å². The number of benzene rings is 1. The molecule has 0 aliphatic heterocycles. The molecule has 0 saturated heterocycles. The lowest BCUT2D eigenvalue weighted by Gasteiger charge is -2.08. The van der Waals surface area contributed by atoms with E-state index >= 15 is 0 Å². The van der Waals surface area contributed by atoms with Crippen molar-refractivity contribution in [3.05, 3.63) is 41.2 Å². The molecule has 0 spiro atoms. The average molecular weight is 273 g/mol. The maximum absolute atomic E-state index is 12.3. The van der Waals surface area contributed by atoms with Crippen molar-refractivity contribution in [1.82, 2.24) is 10.2 Å². The summed E-state index contributed by atoms with van der Waals surface area (Å²) >= 11 is 0. The molecule has 0 fully saturated rings. The van der Waals surface area contributed by atoms with Crippen LogP contribution in [0.3, 0.4) is 0 Å². The molecule has 2 aromatic rings. The lowest BCUT2D eigenvalue weighted by molar-refractivity contribution is 0.102. The van der Waals surface area contributed by atoms with Crippen molar-refractivity contribution in [2.24, 2.45) is 0 Å². The Morgan fingerprint density at radius 1 is 1.35 bits per heavy atom. The first kappa shape index (κ1) is 14.1. The SMILES string of the molecule is CCc1n[nH]c(CC)c1NC(=O)c1cccc(OC)c1. The first-order valence-corrected chi connectivity index (χ1v) is 6.71. The number of carbonyl (C=O) groups excluding carboxylic acids is 1. The van der Waals surface area contributed by atoms with Crippen molar-refractivity contribution in [2.45, 2.75) is 26.7 Å². The van der Waals surface area contributed by atoms with Crippen molar-refractivity contribution >= 4 is 11.6 Å². The highest BCUT2D eigenvalue weighted by Gasteiger charge is 2.15. The van der Waals surface area contributed by atoms with Crippen LogP contribution in [-0.2, 0) is 12.8 Å². The van der Waals surface area contributed by atoms with E-state index in [1.807, 2.05) is 19.9 Å². The van der Waals surface area contributed by atoms with E-state index < -0.39 is 0 Å². The minimum atomic E-state index is -0.158. The minimum absolute atomic E-state index is 0.158. The predicted octanol–water partition coefficient (Wildman–Crippen LogP) is 2.80. The lowest BCUT2D eigenvalue weighted by atomic mass is 10.1. The third kappa shape index (κ3) is 2.82. The van der Waals surface area contributed by atoms with Gasteiger partial charge in [-0.25, -0.2) is 0 Å². The second-order valence-electron chi connectivity index (χ2n) is 4.42. The van der Waals surface area contributed by atoms with Gasteiger partial charge in [-0.15, -0.1) is 0 Å². The molecule has 1 amide bonds. The fraction of sp³-hybridized carbons (Fsp3) is 0.333. The number of aromatic amines is 1. The van der Waals surface area contributed by atoms with E-state index in [0.717, 1.165) is 29.9 Å². The number of aromatic nitrogens is 2. The van der Waals surface area contributed by atoms with Crippen LogP contribution in [-0.4, -0.2) is 23.2 Å². The number of ether oxygens (including phenoxy) is 1. The summed E-state index contributed by atoms with van der Waals surface area (Å²) < 4.78 is 5.13. The maximum Gasteiger partial charge on any atom is 0.255 e. The predicted molar refractivity (Wildman–Crippen MR) is 78.3 cm³/mol. The quantitative estimate of drug-likeness (QED) is 0.880. The Balaban J connectivity index is 2.25. The van der Waals surface area contributed by atoms with Gasteiger partial charge in [0.15, 0.2) is 0 Å². The van der Waals surface area contributed by atoms with Crippen LogP contribution in [0.25, 0.3) is 0 Å². The lowest BCUT2D eigenvalue weighted by Crippen LogP contribution is -2.13. The molecule has 2 rings (SSSR count). The number of nitrogens with one attached hydrogen (secondary N) is 2. The van der Waals surface area contributed by atoms with Crippen molar-refractivity contribution in [1.29, 1.82) is 0 Å². The first-order chi connectivity index (χ1) is 9.69. The Labute approximate surface area is 118 Å². The molecule has 0 aliphatic carbocycles. The largest absolute Gasteiger partial charge is 0.497 e. The van der Waals surface area contributed by atoms with Crippen LogP contribution in [0.1, 0.15) is 35.6 Å². The smallest absolute Gasteiger partial charge is 0.255 e. The number of hydrogen-bond acceptors (Lipinski definition) is 3. The number of rotatable bonds is 5. The molecule has 1 heterocycles. The van der Waals surface area contributed by atoms with E-state index in [2.05, 4.69) is 15.5 Å². The molecule has 0 unspecified atom stereocenters. The number of anilines is 1. The number of hydrogen-bond donors (Lipinski definition) is 2. The summed E-state index contributed by atoms with van der Waals surface area (Å²) in [5.74, 6) is 0.506. The summed E-state index contributed by atoms with van der Waals surface area (Å²) in [5.41, 5.74) is 3.17. The molecule has 0 atom stereocenters. The molecule has 0 aliphatic rings. The van der Waals surface area contributed by atoms with E-state index in [1.165, 1.54) is 0 Å². The molecule has 2 N–H and O–H groups in total. The van der Waals surface area contributed by atoms with Crippen molar-refractivity contribution in [3.63, 3.8) is 0 Å². The molecular formula is C15H19N3O2. The van der Waals surface area contributed by atoms with Crippen LogP contribution >= 0.6 is 0 Å². The van der Waals surface area contributed by atoms with E-state index in [-0.39, 0.29) is 5.91 Å². The number of nitrogens with zero attached hydrogens (tertiary/aromatic N) is 1. The second-order valence-corrected chi connectivity index (χ2v) is 4.42. The summed E-state index contributed by atoms with van der Waals surface area (Å²) in [6.45, 7) is 4.03. The molecule has 0 bridgehead atoms. The average Bonchev–Trinajstić information content (AvgIpc) is 2.89. The topological polar surface area (TPSA) is 67.0 Å². The van der Waals surface area contributed by atoms with Gasteiger partial charge in [-0.2, -0.15) is 5.10 Å². The number of methoxy groups -OCH3 is 1. The van der Waals surface area contributed by atoms with Gasteiger partial charge < -0.3 is 10.1 Å². The molecule has 0 saturated carbocycles. The number of amides is 1. The van der Waals surface area contributed by atoms with Gasteiger partial charge in [-0.1, -0.05) is 19.9 Å². The van der Waals surface area contributed by atoms with Crippen LogP contribution in [0.5, 0.6) is 5.75 Å². The Morgan fingerprint density at radius 2 is 2.15 bits per heavy atom. The van der Waals surface area contributed by atoms with Crippen LogP contribution < -0.4 is 10.1 Å². The fourth-order valence-electron chi connectivity index (χ4n) is 2.03. The maximum atomic E-state index is 12.3. The third-order valence-electron chi connectivity index (χ3n) is 3.18. The monoisotopic (exact) mass is 273 g/mol. The third-order valence-corrected chi connectivity index (χ3v) is 3.18. The van der Waals surface area contributed by atoms with Gasteiger partial charge in [-0.3, -0.25) is 9.89 Å². The summed E-state index contributed by atoms with van der Waals surface area (Å²) in [7, 11) is 1.58. The van der Waals surface area contributed by atoms with Gasteiger partial charge in [0.05, 0.1) is 24.2 Å². The van der Waals surface area contributed by atoms with Crippen molar-refractivity contribution < 1.29 is 9.53 Å². The van der Waals surface area contributed by atoms with Gasteiger partial charge >= 0.3 is 0 Å². The molecule has 1 aromatic heterocycles. The second kappa shape index (κ2) is 6.23. The summed E-state index contributed by atoms with van der Waals surface area (Å²) in [4.78, 5) is 12.3. The number of aryl methyl sites for hydroxylation is 2. The normalized spacial score (nSPS) is 10.3. The standard InChI is InChI=1S/C15H19N3O2/c1-4-12-14(13(5-2)18-17-12)16-15(19)10-7-6-8-11(9-10)20-3/h6-9H,4-5H2,1-3H3,(H,16,19)(H,17,18). The van der Waals surface area contributed by atoms with E-state index in [1.54, 1.807) is 25.3 Å². The van der Waals surface area contributed by atoms with Gasteiger partial charge in [0.1, 0.15) is 5.75 Å². The number of carbonyl (C=O) groups is 1. The molecule has 0 radical (unpaired) electrons. The Bertz CT molecular complexity index is 583. The van der Waals surface area contributed by atoms with E-state index in [4.69, 9.17) is 4.74 Å². The first-order valence-electron chi connectivity index (χ1n) is 6.71. The molecule has 106 valence electrons. The van der Waals surface area contributed by atoms with Crippen molar-refractivity contribution in [2.75, 3.05) is 12.4 Å². The molecule has 20 heavy (non-hydrogen) atoms. The van der Waals surface area contributed by atoms with Gasteiger partial charge in [0.2, 0.25) is 0 Å². The summed E-state index contributed by atoms with van der Waals surface area (Å²) in [5, 5.41) is 10.1. The Morgan fingerprint density at radius 3 is 2.80 bits per heavy atom. The van der Waals surface area contributed by atoms with Gasteiger partial charge in [0.25, 0.3) is 5.91 Å². The zero-order valence-corrected chi connectivity index (χ0v) is 12.0. The highest BCUT2D eigenvalue weighted by atomic mass is 16.5. The molecule has 1 aromatic carbocycles. The highest BCUT2D eigenvalue weighted by molar-refractivity contribution is 6.05. The minimum Gasteiger partial charge on any atom is -0.497 e. The van der Waals surface area contributed by atoms with Crippen LogP contribution in [0.4, 0.5) is 5.69 Å². The van der Waals surface area contributed by atoms with Crippen LogP contribution in [0.15, 0.2) is 24.3 Å². The zero-order valence-electron chi connectivity index (χ0n) is 12.0. The zero-order chi connectivity index (χ0) is 14.5. The highest BCUT2D eigenvalue weighted by Crippen LogP contribution is 2.21. The van der Waals surface area contributed by atoms with Gasteiger partial charge in [-0.05, 0) is 31.0 Å². The van der Waals surface area contributed by atoms with E-state index in [9.17, 15) is 4.79 Å². The summed E-state index contributed by atoms with van der Waals surface area (Å²) in [6.07, 6.45) is 1.56. The van der Waals surface area contributed by atoms with Crippen LogP contribution in [0.2, 0.25) is 0 Å².